The number of hydrogen-bond donors (Lipinski definition) is 3. The summed E-state index contributed by atoms with van der Waals surface area (Å²) in [5.74, 6) is 1.68. The molecule has 0 bridgehead atoms. The van der Waals surface area contributed by atoms with Gasteiger partial charge < -0.3 is 33.5 Å². The molecule has 2 aromatic heterocycles. The number of sulfonamides is 1. The average molecular weight is 574 g/mol. The van der Waals surface area contributed by atoms with Crippen molar-refractivity contribution in [3.05, 3.63) is 41.6 Å². The smallest absolute Gasteiger partial charge is 0.270 e. The number of methoxy groups -OCH3 is 5. The molecule has 0 unspecified atom stereocenters. The van der Waals surface area contributed by atoms with E-state index in [1.807, 2.05) is 6.07 Å². The number of aromatic nitrogens is 3. The van der Waals surface area contributed by atoms with Crippen LogP contribution in [0.15, 0.2) is 39.8 Å². The van der Waals surface area contributed by atoms with Crippen LogP contribution in [0, 0.1) is 0 Å². The van der Waals surface area contributed by atoms with E-state index in [1.54, 1.807) is 31.4 Å². The molecule has 0 amide bonds. The Bertz CT molecular complexity index is 1590. The summed E-state index contributed by atoms with van der Waals surface area (Å²) in [6.07, 6.45) is 1.84. The lowest BCUT2D eigenvalue weighted by atomic mass is 10.1. The quantitative estimate of drug-likeness (QED) is 0.209. The number of fused-ring (bicyclic) bond motifs is 1. The van der Waals surface area contributed by atoms with Gasteiger partial charge in [0, 0.05) is 38.0 Å². The lowest BCUT2D eigenvalue weighted by Crippen LogP contribution is -2.17. The van der Waals surface area contributed by atoms with E-state index in [1.165, 1.54) is 28.4 Å². The van der Waals surface area contributed by atoms with Gasteiger partial charge >= 0.3 is 0 Å². The fraction of sp³-hybridized carbons (Fsp3) is 0.385. The molecule has 214 valence electrons. The normalized spacial score (nSPS) is 14.2. The summed E-state index contributed by atoms with van der Waals surface area (Å²) < 4.78 is 62.4. The first-order chi connectivity index (χ1) is 19.3. The van der Waals surface area contributed by atoms with Crippen LogP contribution in [-0.4, -0.2) is 65.9 Å². The second-order valence-corrected chi connectivity index (χ2v) is 10.8. The number of aromatic amines is 1. The first-order valence-electron chi connectivity index (χ1n) is 12.4. The molecule has 5 rings (SSSR count). The van der Waals surface area contributed by atoms with Gasteiger partial charge in [-0.25, -0.2) is 8.42 Å². The van der Waals surface area contributed by atoms with Gasteiger partial charge in [-0.15, -0.1) is 0 Å². The molecule has 0 saturated heterocycles. The molecule has 1 aliphatic carbocycles. The van der Waals surface area contributed by atoms with Crippen LogP contribution < -0.4 is 24.2 Å². The Morgan fingerprint density at radius 1 is 1.00 bits per heavy atom. The summed E-state index contributed by atoms with van der Waals surface area (Å²) in [7, 11) is 3.06. The molecule has 0 aliphatic heterocycles. The largest absolute Gasteiger partial charge is 0.495 e. The van der Waals surface area contributed by atoms with Gasteiger partial charge in [0.05, 0.1) is 39.0 Å². The van der Waals surface area contributed by atoms with Crippen molar-refractivity contribution in [1.82, 2.24) is 15.4 Å². The summed E-state index contributed by atoms with van der Waals surface area (Å²) in [4.78, 5) is -0.208. The minimum Gasteiger partial charge on any atom is -0.495 e. The molecule has 1 fully saturated rings. The zero-order valence-electron chi connectivity index (χ0n) is 22.7. The van der Waals surface area contributed by atoms with Crippen molar-refractivity contribution in [3.63, 3.8) is 0 Å². The van der Waals surface area contributed by atoms with Crippen molar-refractivity contribution in [3.8, 4) is 17.2 Å². The highest BCUT2D eigenvalue weighted by Gasteiger charge is 2.30. The Hall–Kier alpha value is -4.01. The average Bonchev–Trinajstić information content (AvgIpc) is 3.59. The standard InChI is InChI=1S/C26H31N5O8S/c1-34-13-23(38-5)15-8-21(36-3)25(22(9-15)37-4)40(32,33)31-26-16-10-20(35-2)18(11-19(16)39-30-26)27-24-12-17(28-29-24)14-6-7-14/h8-12,14,23H,6-7,13H2,1-5H3,(H,30,31)(H2,27,28,29)/t23-/m0/s1. The Morgan fingerprint density at radius 2 is 1.70 bits per heavy atom. The van der Waals surface area contributed by atoms with Gasteiger partial charge in [0.2, 0.25) is 0 Å². The molecule has 0 radical (unpaired) electrons. The SMILES string of the molecule is COC[C@H](OC)c1cc(OC)c(S(=O)(=O)Nc2noc3cc(Nc4cc(C5CC5)[nH]n4)c(OC)cc23)c(OC)c1. The van der Waals surface area contributed by atoms with Crippen molar-refractivity contribution in [2.45, 2.75) is 29.8 Å². The monoisotopic (exact) mass is 573 g/mol. The minimum atomic E-state index is -4.26. The van der Waals surface area contributed by atoms with E-state index >= 15 is 0 Å². The molecule has 3 N–H and O–H groups in total. The highest BCUT2D eigenvalue weighted by Crippen LogP contribution is 2.42. The van der Waals surface area contributed by atoms with E-state index < -0.39 is 16.1 Å². The molecule has 1 atom stereocenters. The third-order valence-corrected chi connectivity index (χ3v) is 8.03. The summed E-state index contributed by atoms with van der Waals surface area (Å²) in [5, 5.41) is 14.9. The van der Waals surface area contributed by atoms with E-state index in [-0.39, 0.29) is 28.8 Å². The molecule has 14 heteroatoms. The fourth-order valence-corrected chi connectivity index (χ4v) is 5.75. The summed E-state index contributed by atoms with van der Waals surface area (Å²) >= 11 is 0. The Morgan fingerprint density at radius 3 is 2.30 bits per heavy atom. The number of rotatable bonds is 13. The maximum Gasteiger partial charge on any atom is 0.270 e. The van der Waals surface area contributed by atoms with Gasteiger partial charge in [0.15, 0.2) is 22.1 Å². The Balaban J connectivity index is 1.47. The topological polar surface area (TPSA) is 159 Å². The number of benzene rings is 2. The minimum absolute atomic E-state index is 0.0297. The molecule has 2 aromatic carbocycles. The number of hydrogen-bond acceptors (Lipinski definition) is 11. The summed E-state index contributed by atoms with van der Waals surface area (Å²) in [6, 6.07) is 8.39. The van der Waals surface area contributed by atoms with Gasteiger partial charge in [-0.1, -0.05) is 5.16 Å². The molecule has 40 heavy (non-hydrogen) atoms. The first-order valence-corrected chi connectivity index (χ1v) is 13.9. The van der Waals surface area contributed by atoms with E-state index in [4.69, 9.17) is 28.2 Å². The van der Waals surface area contributed by atoms with Crippen molar-refractivity contribution in [2.24, 2.45) is 0 Å². The van der Waals surface area contributed by atoms with Crippen molar-refractivity contribution >= 4 is 38.3 Å². The number of anilines is 3. The fourth-order valence-electron chi connectivity index (χ4n) is 4.43. The molecule has 1 saturated carbocycles. The van der Waals surface area contributed by atoms with Crippen LogP contribution >= 0.6 is 0 Å². The number of ether oxygens (including phenoxy) is 5. The maximum atomic E-state index is 13.6. The van der Waals surface area contributed by atoms with Crippen LogP contribution in [0.4, 0.5) is 17.3 Å². The van der Waals surface area contributed by atoms with Crippen molar-refractivity contribution in [2.75, 3.05) is 52.2 Å². The Kier molecular flexibility index (Phi) is 7.74. The van der Waals surface area contributed by atoms with Crippen LogP contribution in [-0.2, 0) is 19.5 Å². The van der Waals surface area contributed by atoms with Gasteiger partial charge in [-0.2, -0.15) is 5.10 Å². The van der Waals surface area contributed by atoms with E-state index in [0.29, 0.717) is 39.7 Å². The zero-order valence-corrected chi connectivity index (χ0v) is 23.5. The molecule has 4 aromatic rings. The number of nitrogens with one attached hydrogen (secondary N) is 3. The van der Waals surface area contributed by atoms with E-state index in [0.717, 1.165) is 18.5 Å². The zero-order chi connectivity index (χ0) is 28.4. The van der Waals surface area contributed by atoms with E-state index in [9.17, 15) is 8.42 Å². The van der Waals surface area contributed by atoms with Crippen molar-refractivity contribution in [1.29, 1.82) is 0 Å². The Labute approximate surface area is 231 Å². The molecule has 13 nitrogen and oxygen atoms in total. The van der Waals surface area contributed by atoms with Crippen LogP contribution in [0.5, 0.6) is 17.2 Å². The second-order valence-electron chi connectivity index (χ2n) is 9.23. The third kappa shape index (κ3) is 5.37. The van der Waals surface area contributed by atoms with Crippen molar-refractivity contribution < 1.29 is 36.6 Å². The van der Waals surface area contributed by atoms with Crippen LogP contribution in [0.3, 0.4) is 0 Å². The lowest BCUT2D eigenvalue weighted by molar-refractivity contribution is 0.0272. The summed E-state index contributed by atoms with van der Waals surface area (Å²) in [5.41, 5.74) is 2.61. The third-order valence-electron chi connectivity index (χ3n) is 6.63. The van der Waals surface area contributed by atoms with Crippen LogP contribution in [0.1, 0.15) is 36.1 Å². The lowest BCUT2D eigenvalue weighted by Gasteiger charge is -2.20. The molecular formula is C26H31N5O8S. The van der Waals surface area contributed by atoms with Gasteiger partial charge in [0.1, 0.15) is 23.4 Å². The number of nitrogens with zero attached hydrogens (tertiary/aromatic N) is 2. The van der Waals surface area contributed by atoms with Crippen LogP contribution in [0.25, 0.3) is 11.0 Å². The predicted molar refractivity (Wildman–Crippen MR) is 146 cm³/mol. The second kappa shape index (κ2) is 11.2. The van der Waals surface area contributed by atoms with Gasteiger partial charge in [-0.05, 0) is 36.6 Å². The van der Waals surface area contributed by atoms with E-state index in [2.05, 4.69) is 25.4 Å². The molecule has 2 heterocycles. The molecular weight excluding hydrogens is 542 g/mol. The summed E-state index contributed by atoms with van der Waals surface area (Å²) in [6.45, 7) is 0.249. The molecule has 0 spiro atoms. The van der Waals surface area contributed by atoms with Crippen LogP contribution in [0.2, 0.25) is 0 Å². The first kappa shape index (κ1) is 27.6. The molecule has 1 aliphatic rings. The van der Waals surface area contributed by atoms with Gasteiger partial charge in [0.25, 0.3) is 10.0 Å². The van der Waals surface area contributed by atoms with Gasteiger partial charge in [-0.3, -0.25) is 9.82 Å². The number of H-pyrrole nitrogens is 1. The highest BCUT2D eigenvalue weighted by molar-refractivity contribution is 7.93. The maximum absolute atomic E-state index is 13.6. The highest BCUT2D eigenvalue weighted by atomic mass is 32.2. The predicted octanol–water partition coefficient (Wildman–Crippen LogP) is 4.33.